The van der Waals surface area contributed by atoms with Gasteiger partial charge in [-0.05, 0) is 42.2 Å². The smallest absolute Gasteiger partial charge is 0.230 e. The summed E-state index contributed by atoms with van der Waals surface area (Å²) in [6.07, 6.45) is 1.04. The highest BCUT2D eigenvalue weighted by Crippen LogP contribution is 2.35. The largest absolute Gasteiger partial charge is 0.436 e. The summed E-state index contributed by atoms with van der Waals surface area (Å²) in [6.45, 7) is 2.99. The maximum Gasteiger partial charge on any atom is 0.230 e. The fraction of sp³-hybridized carbons (Fsp3) is 0.294. The molecule has 0 amide bonds. The molecule has 0 bridgehead atoms. The number of rotatable bonds is 2. The standard InChI is InChI=1S/C17H14Cl2N4O/c1-9-6-7-20-23-15(9)10-2-4-12-13(8-10)24-17(21-12)11-3-5-14(18)22-16(11)19/h2-5,8-9,15H,6-7H2,1H3. The fourth-order valence-corrected chi connectivity index (χ4v) is 3.31. The first kappa shape index (κ1) is 15.5. The summed E-state index contributed by atoms with van der Waals surface area (Å²) in [5.41, 5.74) is 3.16. The van der Waals surface area contributed by atoms with Crippen molar-refractivity contribution in [2.24, 2.45) is 16.1 Å². The summed E-state index contributed by atoms with van der Waals surface area (Å²) in [7, 11) is 0. The molecular formula is C17H14Cl2N4O. The predicted octanol–water partition coefficient (Wildman–Crippen LogP) is 5.73. The highest BCUT2D eigenvalue weighted by molar-refractivity contribution is 6.34. The van der Waals surface area contributed by atoms with Gasteiger partial charge in [-0.1, -0.05) is 36.2 Å². The van der Waals surface area contributed by atoms with Gasteiger partial charge in [0.05, 0.1) is 18.2 Å². The molecular weight excluding hydrogens is 347 g/mol. The minimum atomic E-state index is 0.0671. The molecule has 0 N–H and O–H groups in total. The number of hydrogen-bond donors (Lipinski definition) is 0. The van der Waals surface area contributed by atoms with Crippen molar-refractivity contribution < 1.29 is 4.42 Å². The van der Waals surface area contributed by atoms with Gasteiger partial charge in [0.2, 0.25) is 5.89 Å². The number of benzene rings is 1. The Kier molecular flexibility index (Phi) is 3.98. The van der Waals surface area contributed by atoms with Gasteiger partial charge in [0.15, 0.2) is 5.58 Å². The number of hydrogen-bond acceptors (Lipinski definition) is 5. The van der Waals surface area contributed by atoms with Gasteiger partial charge >= 0.3 is 0 Å². The zero-order valence-corrected chi connectivity index (χ0v) is 14.4. The summed E-state index contributed by atoms with van der Waals surface area (Å²) in [5, 5.41) is 9.17. The molecule has 1 aromatic carbocycles. The first-order valence-corrected chi connectivity index (χ1v) is 8.47. The Balaban J connectivity index is 1.76. The van der Waals surface area contributed by atoms with E-state index < -0.39 is 0 Å². The third kappa shape index (κ3) is 2.78. The Bertz CT molecular complexity index is 937. The summed E-state index contributed by atoms with van der Waals surface area (Å²) < 4.78 is 5.89. The maximum absolute atomic E-state index is 6.14. The molecule has 2 aromatic heterocycles. The normalized spacial score (nSPS) is 20.6. The number of azo groups is 1. The lowest BCUT2D eigenvalue weighted by molar-refractivity contribution is 0.390. The number of oxazole rings is 1. The molecule has 2 unspecified atom stereocenters. The van der Waals surface area contributed by atoms with Crippen LogP contribution in [0.4, 0.5) is 0 Å². The van der Waals surface area contributed by atoms with E-state index in [1.54, 1.807) is 12.1 Å². The van der Waals surface area contributed by atoms with Crippen molar-refractivity contribution in [3.63, 3.8) is 0 Å². The third-order valence-electron chi connectivity index (χ3n) is 4.23. The van der Waals surface area contributed by atoms with E-state index in [9.17, 15) is 0 Å². The minimum absolute atomic E-state index is 0.0671. The third-order valence-corrected chi connectivity index (χ3v) is 4.73. The number of halogens is 2. The van der Waals surface area contributed by atoms with Crippen LogP contribution in [0.1, 0.15) is 24.9 Å². The molecule has 3 aromatic rings. The Hall–Kier alpha value is -1.98. The van der Waals surface area contributed by atoms with Crippen molar-refractivity contribution >= 4 is 34.3 Å². The first-order valence-electron chi connectivity index (χ1n) is 7.71. The predicted molar refractivity (Wildman–Crippen MR) is 93.5 cm³/mol. The second-order valence-corrected chi connectivity index (χ2v) is 6.66. The van der Waals surface area contributed by atoms with Gasteiger partial charge in [-0.2, -0.15) is 10.2 Å². The van der Waals surface area contributed by atoms with E-state index in [-0.39, 0.29) is 11.2 Å². The van der Waals surface area contributed by atoms with Gasteiger partial charge in [-0.15, -0.1) is 0 Å². The summed E-state index contributed by atoms with van der Waals surface area (Å²) in [4.78, 5) is 8.52. The molecule has 0 aliphatic carbocycles. The Morgan fingerprint density at radius 2 is 2.00 bits per heavy atom. The highest BCUT2D eigenvalue weighted by Gasteiger charge is 2.23. The lowest BCUT2D eigenvalue weighted by Gasteiger charge is -2.22. The number of nitrogens with zero attached hydrogens (tertiary/aromatic N) is 4. The summed E-state index contributed by atoms with van der Waals surface area (Å²) in [6, 6.07) is 9.42. The Morgan fingerprint density at radius 1 is 1.12 bits per heavy atom. The van der Waals surface area contributed by atoms with Gasteiger partial charge in [-0.25, -0.2) is 9.97 Å². The molecule has 0 saturated heterocycles. The number of fused-ring (bicyclic) bond motifs is 1. The van der Waals surface area contributed by atoms with E-state index in [2.05, 4.69) is 27.1 Å². The van der Waals surface area contributed by atoms with Gasteiger partial charge in [0.1, 0.15) is 15.8 Å². The van der Waals surface area contributed by atoms with Crippen LogP contribution in [-0.2, 0) is 0 Å². The lowest BCUT2D eigenvalue weighted by atomic mass is 9.91. The van der Waals surface area contributed by atoms with E-state index >= 15 is 0 Å². The van der Waals surface area contributed by atoms with E-state index in [4.69, 9.17) is 27.6 Å². The summed E-state index contributed by atoms with van der Waals surface area (Å²) in [5.74, 6) is 0.881. The van der Waals surface area contributed by atoms with Crippen LogP contribution in [-0.4, -0.2) is 16.5 Å². The fourth-order valence-electron chi connectivity index (χ4n) is 2.89. The van der Waals surface area contributed by atoms with E-state index in [0.717, 1.165) is 24.0 Å². The van der Waals surface area contributed by atoms with Gasteiger partial charge in [0.25, 0.3) is 0 Å². The van der Waals surface area contributed by atoms with Crippen LogP contribution in [0, 0.1) is 5.92 Å². The molecule has 0 fully saturated rings. The molecule has 3 heterocycles. The molecule has 1 aliphatic heterocycles. The molecule has 0 radical (unpaired) electrons. The van der Waals surface area contributed by atoms with E-state index in [1.165, 1.54) is 0 Å². The quantitative estimate of drug-likeness (QED) is 0.548. The highest BCUT2D eigenvalue weighted by atomic mass is 35.5. The van der Waals surface area contributed by atoms with Crippen LogP contribution in [0.3, 0.4) is 0 Å². The molecule has 2 atom stereocenters. The second kappa shape index (κ2) is 6.15. The minimum Gasteiger partial charge on any atom is -0.436 e. The van der Waals surface area contributed by atoms with Crippen molar-refractivity contribution in [3.05, 3.63) is 46.2 Å². The number of pyridine rings is 1. The molecule has 1 aliphatic rings. The average Bonchev–Trinajstić information content (AvgIpc) is 2.98. The van der Waals surface area contributed by atoms with Crippen molar-refractivity contribution in [2.45, 2.75) is 19.4 Å². The van der Waals surface area contributed by atoms with Crippen LogP contribution in [0.25, 0.3) is 22.6 Å². The van der Waals surface area contributed by atoms with Crippen LogP contribution >= 0.6 is 23.2 Å². The van der Waals surface area contributed by atoms with Gasteiger partial charge < -0.3 is 4.42 Å². The molecule has 0 spiro atoms. The second-order valence-electron chi connectivity index (χ2n) is 5.91. The molecule has 0 saturated carbocycles. The topological polar surface area (TPSA) is 63.6 Å². The van der Waals surface area contributed by atoms with Crippen LogP contribution < -0.4 is 0 Å². The maximum atomic E-state index is 6.14. The van der Waals surface area contributed by atoms with E-state index in [1.807, 2.05) is 18.2 Å². The molecule has 7 heteroatoms. The zero-order chi connectivity index (χ0) is 16.7. The lowest BCUT2D eigenvalue weighted by Crippen LogP contribution is -2.12. The SMILES string of the molecule is CC1CCN=NC1c1ccc2nc(-c3ccc(Cl)nc3Cl)oc2c1. The summed E-state index contributed by atoms with van der Waals surface area (Å²) >= 11 is 12.0. The Morgan fingerprint density at radius 3 is 2.79 bits per heavy atom. The molecule has 5 nitrogen and oxygen atoms in total. The van der Waals surface area contributed by atoms with Crippen molar-refractivity contribution in [3.8, 4) is 11.5 Å². The molecule has 4 rings (SSSR count). The van der Waals surface area contributed by atoms with Crippen LogP contribution in [0.2, 0.25) is 10.3 Å². The van der Waals surface area contributed by atoms with E-state index in [0.29, 0.717) is 28.1 Å². The number of aromatic nitrogens is 2. The van der Waals surface area contributed by atoms with Crippen molar-refractivity contribution in [1.29, 1.82) is 0 Å². The van der Waals surface area contributed by atoms with Crippen LogP contribution in [0.15, 0.2) is 45.0 Å². The van der Waals surface area contributed by atoms with Crippen molar-refractivity contribution in [2.75, 3.05) is 6.54 Å². The van der Waals surface area contributed by atoms with Crippen molar-refractivity contribution in [1.82, 2.24) is 9.97 Å². The first-order chi connectivity index (χ1) is 11.6. The Labute approximate surface area is 148 Å². The van der Waals surface area contributed by atoms with Gasteiger partial charge in [0, 0.05) is 0 Å². The van der Waals surface area contributed by atoms with Crippen LogP contribution in [0.5, 0.6) is 0 Å². The zero-order valence-electron chi connectivity index (χ0n) is 12.9. The molecule has 24 heavy (non-hydrogen) atoms. The molecule has 122 valence electrons. The van der Waals surface area contributed by atoms with Gasteiger partial charge in [-0.3, -0.25) is 0 Å². The average molecular weight is 361 g/mol. The monoisotopic (exact) mass is 360 g/mol.